The molecule has 12 aromatic rings. The Hall–Kier alpha value is -9.56. The number of benzene rings is 12. The van der Waals surface area contributed by atoms with Crippen LogP contribution in [0.2, 0.25) is 0 Å². The van der Waals surface area contributed by atoms with Crippen LogP contribution in [0.25, 0.3) is 111 Å². The summed E-state index contributed by atoms with van der Waals surface area (Å²) in [5, 5.41) is 4.14. The molecule has 0 bridgehead atoms. The SMILES string of the molecule is c1ccc(-c2ccccc2-c2ccc3c(c2)-c2cc(-c4ccccc4-c4ccccc4)ccc2Nc2ccc(-c4ccccc4-c4ccccc4)cc2-c2cc(-c4ccccc4-c4ccccc4)ccc2C3)cc1. The Bertz CT molecular complexity index is 3460. The summed E-state index contributed by atoms with van der Waals surface area (Å²) in [5.41, 5.74) is 28.4. The number of fused-ring (bicyclic) bond motifs is 6. The third-order valence-corrected chi connectivity index (χ3v) is 14.8. The van der Waals surface area contributed by atoms with Gasteiger partial charge in [0.2, 0.25) is 0 Å². The average molecular weight is 942 g/mol. The molecule has 0 radical (unpaired) electrons. The van der Waals surface area contributed by atoms with E-state index in [1.165, 1.54) is 111 Å². The van der Waals surface area contributed by atoms with Gasteiger partial charge in [0.25, 0.3) is 0 Å². The summed E-state index contributed by atoms with van der Waals surface area (Å²) in [5.74, 6) is 0. The van der Waals surface area contributed by atoms with Crippen LogP contribution in [-0.2, 0) is 6.42 Å². The van der Waals surface area contributed by atoms with Crippen LogP contribution in [0.1, 0.15) is 11.1 Å². The van der Waals surface area contributed by atoms with Crippen molar-refractivity contribution in [2.45, 2.75) is 6.42 Å². The van der Waals surface area contributed by atoms with E-state index in [9.17, 15) is 0 Å². The number of anilines is 2. The summed E-state index contributed by atoms with van der Waals surface area (Å²) in [6, 6.07) is 107. The fourth-order valence-corrected chi connectivity index (χ4v) is 11.2. The molecule has 0 saturated heterocycles. The Morgan fingerprint density at radius 2 is 0.405 bits per heavy atom. The summed E-state index contributed by atoms with van der Waals surface area (Å²) < 4.78 is 0. The zero-order valence-corrected chi connectivity index (χ0v) is 40.9. The molecule has 1 nitrogen and oxygen atoms in total. The first-order chi connectivity index (χ1) is 36.7. The largest absolute Gasteiger partial charge is 0.355 e. The lowest BCUT2D eigenvalue weighted by Crippen LogP contribution is -2.04. The lowest BCUT2D eigenvalue weighted by atomic mass is 9.83. The minimum Gasteiger partial charge on any atom is -0.355 e. The van der Waals surface area contributed by atoms with E-state index < -0.39 is 0 Å². The molecule has 0 spiro atoms. The highest BCUT2D eigenvalue weighted by Crippen LogP contribution is 2.47. The number of rotatable bonds is 8. The van der Waals surface area contributed by atoms with Gasteiger partial charge in [-0.15, -0.1) is 0 Å². The van der Waals surface area contributed by atoms with Crippen molar-refractivity contribution < 1.29 is 0 Å². The first-order valence-corrected chi connectivity index (χ1v) is 25.6. The standard InChI is InChI=1S/C73H51N/c1-5-21-50(22-6-1)60-29-13-17-33-64(60)56-39-37-54-45-55-38-40-57(65-34-18-14-30-61(65)51-23-7-2-8-24-51)47-69(55)71-49-59(67-36-20-16-32-63(67)53-27-11-4-12-28-53)42-44-73(71)74-72-43-41-58(48-70(72)68(54)46-56)66-35-19-15-31-62(66)52-25-9-3-10-26-52/h1-44,46-49,74H,45H2. The molecule has 0 fully saturated rings. The zero-order chi connectivity index (χ0) is 49.2. The van der Waals surface area contributed by atoms with Gasteiger partial charge in [-0.2, -0.15) is 0 Å². The average Bonchev–Trinajstić information content (AvgIpc) is 3.48. The molecule has 0 aliphatic carbocycles. The van der Waals surface area contributed by atoms with E-state index in [0.717, 1.165) is 28.9 Å². The highest BCUT2D eigenvalue weighted by molar-refractivity contribution is 5.98. The van der Waals surface area contributed by atoms with Crippen molar-refractivity contribution in [2.75, 3.05) is 5.32 Å². The second kappa shape index (κ2) is 19.6. The zero-order valence-electron chi connectivity index (χ0n) is 40.9. The first-order valence-electron chi connectivity index (χ1n) is 25.6. The van der Waals surface area contributed by atoms with E-state index in [0.29, 0.717) is 0 Å². The van der Waals surface area contributed by atoms with Gasteiger partial charge in [0.1, 0.15) is 0 Å². The summed E-state index contributed by atoms with van der Waals surface area (Å²) in [6.45, 7) is 0. The molecule has 74 heavy (non-hydrogen) atoms. The second-order valence-corrected chi connectivity index (χ2v) is 19.2. The summed E-state index contributed by atoms with van der Waals surface area (Å²) in [6.07, 6.45) is 0.723. The van der Waals surface area contributed by atoms with Crippen molar-refractivity contribution in [1.29, 1.82) is 0 Å². The van der Waals surface area contributed by atoms with E-state index in [2.05, 4.69) is 297 Å². The van der Waals surface area contributed by atoms with Crippen LogP contribution in [0.3, 0.4) is 0 Å². The van der Waals surface area contributed by atoms with E-state index in [1.807, 2.05) is 0 Å². The van der Waals surface area contributed by atoms with Crippen LogP contribution in [0.5, 0.6) is 0 Å². The number of nitrogens with one attached hydrogen (secondary N) is 1. The van der Waals surface area contributed by atoms with Crippen LogP contribution in [0.15, 0.2) is 291 Å². The molecule has 13 rings (SSSR count). The molecule has 1 aliphatic heterocycles. The van der Waals surface area contributed by atoms with Crippen molar-refractivity contribution >= 4 is 11.4 Å². The molecule has 0 amide bonds. The van der Waals surface area contributed by atoms with Crippen molar-refractivity contribution in [3.05, 3.63) is 302 Å². The Morgan fingerprint density at radius 3 is 0.689 bits per heavy atom. The highest BCUT2D eigenvalue weighted by Gasteiger charge is 2.23. The fourth-order valence-electron chi connectivity index (χ4n) is 11.2. The van der Waals surface area contributed by atoms with Crippen LogP contribution >= 0.6 is 0 Å². The fraction of sp³-hybridized carbons (Fsp3) is 0.0137. The Morgan fingerprint density at radius 1 is 0.176 bits per heavy atom. The van der Waals surface area contributed by atoms with E-state index in [-0.39, 0.29) is 0 Å². The van der Waals surface area contributed by atoms with Gasteiger partial charge in [-0.3, -0.25) is 0 Å². The lowest BCUT2D eigenvalue weighted by molar-refractivity contribution is 1.19. The maximum Gasteiger partial charge on any atom is 0.0464 e. The molecule has 0 atom stereocenters. The quantitative estimate of drug-likeness (QED) is 0.160. The highest BCUT2D eigenvalue weighted by atomic mass is 14.9. The molecule has 1 heterocycles. The molecule has 0 saturated carbocycles. The number of hydrogen-bond acceptors (Lipinski definition) is 1. The van der Waals surface area contributed by atoms with Gasteiger partial charge in [0.05, 0.1) is 0 Å². The summed E-state index contributed by atoms with van der Waals surface area (Å²) >= 11 is 0. The van der Waals surface area contributed by atoms with Crippen molar-refractivity contribution in [3.63, 3.8) is 0 Å². The lowest BCUT2D eigenvalue weighted by Gasteiger charge is -2.25. The molecular weight excluding hydrogens is 891 g/mol. The van der Waals surface area contributed by atoms with Gasteiger partial charge in [-0.05, 0) is 154 Å². The van der Waals surface area contributed by atoms with Gasteiger partial charge in [-0.25, -0.2) is 0 Å². The van der Waals surface area contributed by atoms with Gasteiger partial charge in [0.15, 0.2) is 0 Å². The van der Waals surface area contributed by atoms with Crippen LogP contribution < -0.4 is 5.32 Å². The second-order valence-electron chi connectivity index (χ2n) is 19.2. The summed E-state index contributed by atoms with van der Waals surface area (Å²) in [7, 11) is 0. The maximum absolute atomic E-state index is 4.14. The monoisotopic (exact) mass is 941 g/mol. The first kappa shape index (κ1) is 44.4. The molecule has 12 aromatic carbocycles. The minimum atomic E-state index is 0.723. The maximum atomic E-state index is 4.14. The molecule has 1 heteroatoms. The van der Waals surface area contributed by atoms with Crippen molar-refractivity contribution in [1.82, 2.24) is 0 Å². The van der Waals surface area contributed by atoms with Crippen molar-refractivity contribution in [3.8, 4) is 111 Å². The molecular formula is C73H51N. The van der Waals surface area contributed by atoms with Gasteiger partial charge < -0.3 is 5.32 Å². The van der Waals surface area contributed by atoms with E-state index in [4.69, 9.17) is 0 Å². The third-order valence-electron chi connectivity index (χ3n) is 14.8. The number of hydrogen-bond donors (Lipinski definition) is 1. The Labute approximate surface area is 434 Å². The predicted molar refractivity (Wildman–Crippen MR) is 313 cm³/mol. The van der Waals surface area contributed by atoms with Gasteiger partial charge in [0, 0.05) is 22.5 Å². The third kappa shape index (κ3) is 8.51. The van der Waals surface area contributed by atoms with Crippen molar-refractivity contribution in [2.24, 2.45) is 0 Å². The van der Waals surface area contributed by atoms with E-state index >= 15 is 0 Å². The molecule has 1 aliphatic rings. The molecule has 1 N–H and O–H groups in total. The minimum absolute atomic E-state index is 0.723. The normalized spacial score (nSPS) is 11.6. The van der Waals surface area contributed by atoms with Gasteiger partial charge >= 0.3 is 0 Å². The van der Waals surface area contributed by atoms with E-state index in [1.54, 1.807) is 0 Å². The smallest absolute Gasteiger partial charge is 0.0464 e. The van der Waals surface area contributed by atoms with Crippen LogP contribution in [0.4, 0.5) is 11.4 Å². The topological polar surface area (TPSA) is 12.0 Å². The molecule has 348 valence electrons. The Balaban J connectivity index is 1.06. The molecule has 0 aromatic heterocycles. The van der Waals surface area contributed by atoms with Crippen LogP contribution in [-0.4, -0.2) is 0 Å². The van der Waals surface area contributed by atoms with Crippen LogP contribution in [0, 0.1) is 0 Å². The molecule has 0 unspecified atom stereocenters. The summed E-state index contributed by atoms with van der Waals surface area (Å²) in [4.78, 5) is 0. The predicted octanol–water partition coefficient (Wildman–Crippen LogP) is 20.0. The Kier molecular flexibility index (Phi) is 11.7. The van der Waals surface area contributed by atoms with Gasteiger partial charge in [-0.1, -0.05) is 255 Å².